The summed E-state index contributed by atoms with van der Waals surface area (Å²) in [7, 11) is 0. The first-order chi connectivity index (χ1) is 14.1. The number of amides is 1. The zero-order valence-electron chi connectivity index (χ0n) is 16.6. The van der Waals surface area contributed by atoms with Gasteiger partial charge in [0, 0.05) is 30.5 Å². The molecule has 2 heterocycles. The van der Waals surface area contributed by atoms with Gasteiger partial charge in [0.25, 0.3) is 0 Å². The Balaban J connectivity index is 1.32. The van der Waals surface area contributed by atoms with E-state index in [-0.39, 0.29) is 5.91 Å². The van der Waals surface area contributed by atoms with Crippen molar-refractivity contribution < 1.29 is 9.53 Å². The number of ether oxygens (including phenoxy) is 1. The minimum absolute atomic E-state index is 0.228. The Morgan fingerprint density at radius 3 is 2.83 bits per heavy atom. The monoisotopic (exact) mass is 428 g/mol. The van der Waals surface area contributed by atoms with Gasteiger partial charge in [-0.2, -0.15) is 0 Å². The van der Waals surface area contributed by atoms with Gasteiger partial charge in [-0.15, -0.1) is 11.3 Å². The predicted octanol–water partition coefficient (Wildman–Crippen LogP) is 5.69. The summed E-state index contributed by atoms with van der Waals surface area (Å²) >= 11 is 7.83. The Labute approximate surface area is 180 Å². The van der Waals surface area contributed by atoms with E-state index in [2.05, 4.69) is 0 Å². The smallest absolute Gasteiger partial charge is 0.222 e. The fourth-order valence-electron chi connectivity index (χ4n) is 3.88. The van der Waals surface area contributed by atoms with Crippen molar-refractivity contribution in [3.63, 3.8) is 0 Å². The number of carbonyl (C=O) groups excluding carboxylic acids is 1. The summed E-state index contributed by atoms with van der Waals surface area (Å²) in [5.74, 6) is 1.54. The normalized spacial score (nSPS) is 15.0. The number of piperidine rings is 1. The molecule has 4 rings (SSSR count). The Hall–Kier alpha value is -2.11. The molecule has 1 amide bonds. The second-order valence-electron chi connectivity index (χ2n) is 7.36. The van der Waals surface area contributed by atoms with Crippen LogP contribution in [0.15, 0.2) is 42.5 Å². The van der Waals surface area contributed by atoms with Crippen molar-refractivity contribution >= 4 is 39.1 Å². The van der Waals surface area contributed by atoms with Crippen molar-refractivity contribution in [3.8, 4) is 5.75 Å². The van der Waals surface area contributed by atoms with E-state index < -0.39 is 0 Å². The van der Waals surface area contributed by atoms with Crippen LogP contribution in [-0.2, 0) is 11.2 Å². The number of aromatic nitrogens is 1. The molecule has 0 aliphatic carbocycles. The summed E-state index contributed by atoms with van der Waals surface area (Å²) in [5, 5.41) is 1.89. The lowest BCUT2D eigenvalue weighted by Gasteiger charge is -2.31. The molecule has 0 atom stereocenters. The van der Waals surface area contributed by atoms with Gasteiger partial charge in [0.05, 0.1) is 21.8 Å². The lowest BCUT2D eigenvalue weighted by atomic mass is 9.97. The highest BCUT2D eigenvalue weighted by atomic mass is 35.5. The maximum absolute atomic E-state index is 12.7. The maximum atomic E-state index is 12.7. The number of carbonyl (C=O) groups is 1. The van der Waals surface area contributed by atoms with E-state index in [0.29, 0.717) is 25.4 Å². The number of nitrogens with zero attached hydrogens (tertiary/aromatic N) is 2. The van der Waals surface area contributed by atoms with Gasteiger partial charge in [-0.25, -0.2) is 4.98 Å². The molecule has 0 N–H and O–H groups in total. The molecule has 1 aromatic heterocycles. The molecule has 0 bridgehead atoms. The number of halogens is 1. The first kappa shape index (κ1) is 20.2. The molecule has 4 nitrogen and oxygen atoms in total. The Morgan fingerprint density at radius 1 is 1.24 bits per heavy atom. The van der Waals surface area contributed by atoms with Gasteiger partial charge in [0.2, 0.25) is 5.91 Å². The van der Waals surface area contributed by atoms with Gasteiger partial charge in [-0.1, -0.05) is 29.8 Å². The first-order valence-electron chi connectivity index (χ1n) is 10.2. The average Bonchev–Trinajstić information content (AvgIpc) is 3.16. The number of thiazole rings is 1. The quantitative estimate of drug-likeness (QED) is 0.506. The topological polar surface area (TPSA) is 42.4 Å². The summed E-state index contributed by atoms with van der Waals surface area (Å²) in [6.07, 6.45) is 3.17. The second-order valence-corrected chi connectivity index (χ2v) is 8.86. The zero-order chi connectivity index (χ0) is 20.2. The lowest BCUT2D eigenvalue weighted by Crippen LogP contribution is -2.38. The van der Waals surface area contributed by atoms with Crippen LogP contribution in [0.25, 0.3) is 10.2 Å². The molecule has 6 heteroatoms. The standard InChI is InChI=1S/C23H25ClN2O2S/c1-2-28-20-6-4-3-5-16(20)7-10-22(27)26-13-11-17(12-14-26)23-25-19-15-18(24)8-9-21(19)29-23/h3-6,8-9,15,17H,2,7,10-14H2,1H3. The molecule has 1 aliphatic rings. The third kappa shape index (κ3) is 4.73. The summed E-state index contributed by atoms with van der Waals surface area (Å²) in [6.45, 7) is 4.21. The second kappa shape index (κ2) is 9.14. The van der Waals surface area contributed by atoms with Crippen molar-refractivity contribution in [1.29, 1.82) is 0 Å². The van der Waals surface area contributed by atoms with Gasteiger partial charge < -0.3 is 9.64 Å². The Kier molecular flexibility index (Phi) is 6.36. The molecule has 152 valence electrons. The van der Waals surface area contributed by atoms with Crippen molar-refractivity contribution in [2.24, 2.45) is 0 Å². The van der Waals surface area contributed by atoms with Gasteiger partial charge in [-0.3, -0.25) is 4.79 Å². The highest BCUT2D eigenvalue weighted by Crippen LogP contribution is 2.35. The number of rotatable bonds is 6. The summed E-state index contributed by atoms with van der Waals surface area (Å²) < 4.78 is 6.85. The van der Waals surface area contributed by atoms with E-state index in [1.54, 1.807) is 11.3 Å². The van der Waals surface area contributed by atoms with Gasteiger partial charge in [0.1, 0.15) is 5.75 Å². The van der Waals surface area contributed by atoms with Gasteiger partial charge in [-0.05, 0) is 56.0 Å². The van der Waals surface area contributed by atoms with E-state index in [9.17, 15) is 4.79 Å². The Morgan fingerprint density at radius 2 is 2.03 bits per heavy atom. The van der Waals surface area contributed by atoms with Crippen molar-refractivity contribution in [2.75, 3.05) is 19.7 Å². The number of para-hydroxylation sites is 1. The minimum atomic E-state index is 0.228. The SMILES string of the molecule is CCOc1ccccc1CCC(=O)N1CCC(c2nc3cc(Cl)ccc3s2)CC1. The van der Waals surface area contributed by atoms with Crippen LogP contribution in [0.4, 0.5) is 0 Å². The largest absolute Gasteiger partial charge is 0.494 e. The molecule has 1 saturated heterocycles. The number of hydrogen-bond acceptors (Lipinski definition) is 4. The molecule has 0 spiro atoms. The molecular weight excluding hydrogens is 404 g/mol. The van der Waals surface area contributed by atoms with Crippen LogP contribution in [0, 0.1) is 0 Å². The summed E-state index contributed by atoms with van der Waals surface area (Å²) in [5.41, 5.74) is 2.08. The van der Waals surface area contributed by atoms with Crippen molar-refractivity contribution in [1.82, 2.24) is 9.88 Å². The van der Waals surface area contributed by atoms with Crippen LogP contribution in [0.3, 0.4) is 0 Å². The van der Waals surface area contributed by atoms with Gasteiger partial charge in [0.15, 0.2) is 0 Å². The fraction of sp³-hybridized carbons (Fsp3) is 0.391. The highest BCUT2D eigenvalue weighted by Gasteiger charge is 2.26. The summed E-state index contributed by atoms with van der Waals surface area (Å²) in [4.78, 5) is 19.5. The van der Waals surface area contributed by atoms with Crippen LogP contribution in [0.2, 0.25) is 5.02 Å². The number of likely N-dealkylation sites (tertiary alicyclic amines) is 1. The fourth-order valence-corrected chi connectivity index (χ4v) is 5.16. The van der Waals surface area contributed by atoms with Crippen LogP contribution in [-0.4, -0.2) is 35.5 Å². The molecule has 2 aromatic carbocycles. The van der Waals surface area contributed by atoms with Crippen molar-refractivity contribution in [3.05, 3.63) is 58.1 Å². The molecule has 1 aliphatic heterocycles. The van der Waals surface area contributed by atoms with Crippen molar-refractivity contribution in [2.45, 2.75) is 38.5 Å². The molecule has 1 fully saturated rings. The van der Waals surface area contributed by atoms with Crippen LogP contribution < -0.4 is 4.74 Å². The number of fused-ring (bicyclic) bond motifs is 1. The van der Waals surface area contributed by atoms with E-state index >= 15 is 0 Å². The molecule has 0 unspecified atom stereocenters. The first-order valence-corrected chi connectivity index (χ1v) is 11.4. The minimum Gasteiger partial charge on any atom is -0.494 e. The van der Waals surface area contributed by atoms with Crippen LogP contribution >= 0.6 is 22.9 Å². The van der Waals surface area contributed by atoms with E-state index in [1.165, 1.54) is 9.71 Å². The predicted molar refractivity (Wildman–Crippen MR) is 119 cm³/mol. The maximum Gasteiger partial charge on any atom is 0.222 e. The molecule has 29 heavy (non-hydrogen) atoms. The molecular formula is C23H25ClN2O2S. The van der Waals surface area contributed by atoms with Crippen LogP contribution in [0.1, 0.15) is 42.7 Å². The summed E-state index contributed by atoms with van der Waals surface area (Å²) in [6, 6.07) is 13.9. The molecule has 0 saturated carbocycles. The number of aryl methyl sites for hydroxylation is 1. The lowest BCUT2D eigenvalue weighted by molar-refractivity contribution is -0.132. The zero-order valence-corrected chi connectivity index (χ0v) is 18.1. The van der Waals surface area contributed by atoms with Crippen LogP contribution in [0.5, 0.6) is 5.75 Å². The Bertz CT molecular complexity index is 995. The van der Waals surface area contributed by atoms with E-state index in [4.69, 9.17) is 21.3 Å². The molecule has 0 radical (unpaired) electrons. The number of hydrogen-bond donors (Lipinski definition) is 0. The highest BCUT2D eigenvalue weighted by molar-refractivity contribution is 7.18. The molecule has 3 aromatic rings. The van der Waals surface area contributed by atoms with Gasteiger partial charge >= 0.3 is 0 Å². The number of benzene rings is 2. The van der Waals surface area contributed by atoms with E-state index in [0.717, 1.165) is 47.8 Å². The third-order valence-corrected chi connectivity index (χ3v) is 6.88. The third-order valence-electron chi connectivity index (χ3n) is 5.44. The average molecular weight is 429 g/mol. The van der Waals surface area contributed by atoms with E-state index in [1.807, 2.05) is 54.3 Å².